The van der Waals surface area contributed by atoms with Crippen molar-refractivity contribution in [3.05, 3.63) is 28.5 Å². The number of halogens is 1. The van der Waals surface area contributed by atoms with Crippen LogP contribution in [0.3, 0.4) is 0 Å². The van der Waals surface area contributed by atoms with Crippen molar-refractivity contribution in [1.82, 2.24) is 15.6 Å². The Morgan fingerprint density at radius 3 is 2.38 bits per heavy atom. The zero-order valence-corrected chi connectivity index (χ0v) is 16.7. The van der Waals surface area contributed by atoms with Gasteiger partial charge in [-0.3, -0.25) is 9.78 Å². The molecular formula is C17H26BrN3O3. The number of alkyl carbamates (subject to hydrolysis) is 1. The summed E-state index contributed by atoms with van der Waals surface area (Å²) in [5.74, 6) is -0.150. The fourth-order valence-electron chi connectivity index (χ4n) is 1.83. The molecule has 0 saturated carbocycles. The number of hydrogen-bond acceptors (Lipinski definition) is 4. The molecule has 24 heavy (non-hydrogen) atoms. The summed E-state index contributed by atoms with van der Waals surface area (Å²) in [5.41, 5.74) is -0.742. The summed E-state index contributed by atoms with van der Waals surface area (Å²) in [6.45, 7) is 11.5. The van der Waals surface area contributed by atoms with Gasteiger partial charge in [-0.2, -0.15) is 0 Å². The molecule has 0 aliphatic heterocycles. The average molecular weight is 400 g/mol. The fourth-order valence-corrected chi connectivity index (χ4v) is 2.20. The summed E-state index contributed by atoms with van der Waals surface area (Å²) >= 11 is 3.30. The lowest BCUT2D eigenvalue weighted by Gasteiger charge is -2.35. The molecule has 1 rings (SSSR count). The molecule has 0 aromatic carbocycles. The van der Waals surface area contributed by atoms with Crippen molar-refractivity contribution in [2.75, 3.05) is 6.54 Å². The molecule has 6 nitrogen and oxygen atoms in total. The highest BCUT2D eigenvalue weighted by atomic mass is 79.9. The van der Waals surface area contributed by atoms with E-state index in [4.69, 9.17) is 4.74 Å². The van der Waals surface area contributed by atoms with Gasteiger partial charge in [0.15, 0.2) is 0 Å². The number of pyridine rings is 1. The van der Waals surface area contributed by atoms with Crippen molar-refractivity contribution in [2.24, 2.45) is 5.92 Å². The van der Waals surface area contributed by atoms with E-state index in [0.717, 1.165) is 4.47 Å². The van der Waals surface area contributed by atoms with Gasteiger partial charge in [0, 0.05) is 23.4 Å². The number of hydrogen-bond donors (Lipinski definition) is 2. The average Bonchev–Trinajstić information content (AvgIpc) is 2.43. The minimum absolute atomic E-state index is 0.0940. The number of amides is 2. The van der Waals surface area contributed by atoms with Gasteiger partial charge in [0.25, 0.3) is 5.91 Å². The van der Waals surface area contributed by atoms with Crippen LogP contribution in [0, 0.1) is 5.92 Å². The van der Waals surface area contributed by atoms with Crippen LogP contribution in [0.25, 0.3) is 0 Å². The Labute approximate surface area is 151 Å². The number of rotatable bonds is 5. The third-order valence-electron chi connectivity index (χ3n) is 3.64. The molecule has 0 radical (unpaired) electrons. The quantitative estimate of drug-likeness (QED) is 0.793. The monoisotopic (exact) mass is 399 g/mol. The maximum Gasteiger partial charge on any atom is 0.407 e. The van der Waals surface area contributed by atoms with E-state index in [1.54, 1.807) is 33.0 Å². The van der Waals surface area contributed by atoms with Crippen LogP contribution < -0.4 is 10.6 Å². The van der Waals surface area contributed by atoms with E-state index in [0.29, 0.717) is 5.56 Å². The molecule has 0 fully saturated rings. The van der Waals surface area contributed by atoms with Gasteiger partial charge < -0.3 is 15.4 Å². The van der Waals surface area contributed by atoms with Crippen LogP contribution in [-0.2, 0) is 4.74 Å². The zero-order valence-electron chi connectivity index (χ0n) is 15.1. The van der Waals surface area contributed by atoms with Gasteiger partial charge >= 0.3 is 6.09 Å². The number of carbonyl (C=O) groups is 2. The van der Waals surface area contributed by atoms with E-state index < -0.39 is 17.2 Å². The predicted molar refractivity (Wildman–Crippen MR) is 96.9 cm³/mol. The van der Waals surface area contributed by atoms with Crippen molar-refractivity contribution in [3.8, 4) is 0 Å². The first-order chi connectivity index (χ1) is 10.9. The Hall–Kier alpha value is -1.63. The molecular weight excluding hydrogens is 374 g/mol. The van der Waals surface area contributed by atoms with E-state index >= 15 is 0 Å². The molecule has 0 bridgehead atoms. The molecule has 0 aliphatic rings. The smallest absolute Gasteiger partial charge is 0.407 e. The molecule has 7 heteroatoms. The van der Waals surface area contributed by atoms with Crippen LogP contribution in [0.1, 0.15) is 51.9 Å². The van der Waals surface area contributed by atoms with Gasteiger partial charge in [-0.1, -0.05) is 13.8 Å². The standard InChI is InChI=1S/C17H26BrN3O3/c1-11(2)17(6,10-20-15(23)24-16(3,4)5)21-14(22)12-7-13(18)9-19-8-12/h7-9,11H,10H2,1-6H3,(H,20,23)(H,21,22). The van der Waals surface area contributed by atoms with E-state index in [1.165, 1.54) is 6.20 Å². The lowest BCUT2D eigenvalue weighted by Crippen LogP contribution is -2.57. The molecule has 1 unspecified atom stereocenters. The normalized spacial score (nSPS) is 14.0. The maximum absolute atomic E-state index is 12.5. The van der Waals surface area contributed by atoms with Crippen molar-refractivity contribution in [2.45, 2.75) is 52.7 Å². The van der Waals surface area contributed by atoms with Crippen LogP contribution in [0.5, 0.6) is 0 Å². The number of nitrogens with one attached hydrogen (secondary N) is 2. The lowest BCUT2D eigenvalue weighted by molar-refractivity contribution is 0.0497. The van der Waals surface area contributed by atoms with Crippen molar-refractivity contribution in [3.63, 3.8) is 0 Å². The summed E-state index contributed by atoms with van der Waals surface area (Å²) in [6, 6.07) is 1.70. The number of nitrogens with zero attached hydrogens (tertiary/aromatic N) is 1. The second-order valence-corrected chi connectivity index (χ2v) is 8.19. The molecule has 2 N–H and O–H groups in total. The van der Waals surface area contributed by atoms with Gasteiger partial charge in [-0.15, -0.1) is 0 Å². The number of carbonyl (C=O) groups excluding carboxylic acids is 2. The second kappa shape index (κ2) is 7.96. The summed E-state index contributed by atoms with van der Waals surface area (Å²) in [5, 5.41) is 5.71. The third-order valence-corrected chi connectivity index (χ3v) is 4.07. The van der Waals surface area contributed by atoms with Crippen molar-refractivity contribution >= 4 is 27.9 Å². The first kappa shape index (κ1) is 20.4. The Kier molecular flexibility index (Phi) is 6.77. The molecule has 1 heterocycles. The van der Waals surface area contributed by atoms with Gasteiger partial charge in [0.05, 0.1) is 11.1 Å². The second-order valence-electron chi connectivity index (χ2n) is 7.27. The Bertz CT molecular complexity index is 599. The summed E-state index contributed by atoms with van der Waals surface area (Å²) < 4.78 is 5.97. The molecule has 1 atom stereocenters. The first-order valence-corrected chi connectivity index (χ1v) is 8.62. The molecule has 0 aliphatic carbocycles. The van der Waals surface area contributed by atoms with Crippen LogP contribution in [0.2, 0.25) is 0 Å². The van der Waals surface area contributed by atoms with Crippen molar-refractivity contribution < 1.29 is 14.3 Å². The Morgan fingerprint density at radius 1 is 1.25 bits per heavy atom. The molecule has 1 aromatic rings. The first-order valence-electron chi connectivity index (χ1n) is 7.83. The van der Waals surface area contributed by atoms with E-state index in [2.05, 4.69) is 31.5 Å². The van der Waals surface area contributed by atoms with Gasteiger partial charge in [-0.25, -0.2) is 4.79 Å². The van der Waals surface area contributed by atoms with Crippen LogP contribution in [0.4, 0.5) is 4.79 Å². The number of ether oxygens (including phenoxy) is 1. The topological polar surface area (TPSA) is 80.3 Å². The highest BCUT2D eigenvalue weighted by molar-refractivity contribution is 9.10. The van der Waals surface area contributed by atoms with Gasteiger partial charge in [0.2, 0.25) is 0 Å². The van der Waals surface area contributed by atoms with Crippen LogP contribution in [-0.4, -0.2) is 34.7 Å². The molecule has 1 aromatic heterocycles. The summed E-state index contributed by atoms with van der Waals surface area (Å²) in [7, 11) is 0. The molecule has 0 spiro atoms. The Balaban J connectivity index is 2.77. The lowest BCUT2D eigenvalue weighted by atomic mass is 9.88. The van der Waals surface area contributed by atoms with Crippen LogP contribution >= 0.6 is 15.9 Å². The van der Waals surface area contributed by atoms with E-state index in [9.17, 15) is 9.59 Å². The fraction of sp³-hybridized carbons (Fsp3) is 0.588. The predicted octanol–water partition coefficient (Wildman–Crippen LogP) is 3.51. The minimum atomic E-state index is -0.629. The molecule has 134 valence electrons. The number of aromatic nitrogens is 1. The van der Waals surface area contributed by atoms with Gasteiger partial charge in [0.1, 0.15) is 5.60 Å². The van der Waals surface area contributed by atoms with E-state index in [1.807, 2.05) is 20.8 Å². The highest BCUT2D eigenvalue weighted by Crippen LogP contribution is 2.18. The van der Waals surface area contributed by atoms with Crippen LogP contribution in [0.15, 0.2) is 22.9 Å². The van der Waals surface area contributed by atoms with Gasteiger partial charge in [-0.05, 0) is 55.6 Å². The third kappa shape index (κ3) is 6.47. The maximum atomic E-state index is 12.5. The Morgan fingerprint density at radius 2 is 1.88 bits per heavy atom. The van der Waals surface area contributed by atoms with E-state index in [-0.39, 0.29) is 18.4 Å². The highest BCUT2D eigenvalue weighted by Gasteiger charge is 2.32. The summed E-state index contributed by atoms with van der Waals surface area (Å²) in [6.07, 6.45) is 2.61. The molecule has 2 amide bonds. The van der Waals surface area contributed by atoms with Crippen molar-refractivity contribution in [1.29, 1.82) is 0 Å². The summed E-state index contributed by atoms with van der Waals surface area (Å²) in [4.78, 5) is 28.3. The largest absolute Gasteiger partial charge is 0.444 e. The molecule has 0 saturated heterocycles. The SMILES string of the molecule is CC(C)C(C)(CNC(=O)OC(C)(C)C)NC(=O)c1cncc(Br)c1. The zero-order chi connectivity index (χ0) is 18.5. The minimum Gasteiger partial charge on any atom is -0.444 e.